The van der Waals surface area contributed by atoms with Gasteiger partial charge in [-0.2, -0.15) is 5.26 Å². The lowest BCUT2D eigenvalue weighted by Crippen LogP contribution is -2.08. The van der Waals surface area contributed by atoms with Crippen LogP contribution in [0.4, 0.5) is 0 Å². The first kappa shape index (κ1) is 10.0. The maximum atomic E-state index is 8.98. The van der Waals surface area contributed by atoms with Gasteiger partial charge in [-0.3, -0.25) is 0 Å². The average molecular weight is 239 g/mol. The molecule has 0 saturated heterocycles. The van der Waals surface area contributed by atoms with Gasteiger partial charge in [-0.25, -0.2) is 0 Å². The van der Waals surface area contributed by atoms with Gasteiger partial charge in [0.15, 0.2) is 0 Å². The fourth-order valence-electron chi connectivity index (χ4n) is 2.98. The van der Waals surface area contributed by atoms with Gasteiger partial charge in [0.25, 0.3) is 0 Å². The Morgan fingerprint density at radius 3 is 3.11 bits per heavy atom. The van der Waals surface area contributed by atoms with Gasteiger partial charge >= 0.3 is 0 Å². The number of rotatable bonds is 1. The highest BCUT2D eigenvalue weighted by Gasteiger charge is 2.41. The second-order valence-electron chi connectivity index (χ2n) is 5.14. The summed E-state index contributed by atoms with van der Waals surface area (Å²) in [5.74, 6) is 1.53. The summed E-state index contributed by atoms with van der Waals surface area (Å²) in [6.45, 7) is 0.802. The number of aryl methyl sites for hydroxylation is 1. The van der Waals surface area contributed by atoms with Crippen molar-refractivity contribution in [3.8, 4) is 11.8 Å². The van der Waals surface area contributed by atoms with Gasteiger partial charge in [-0.1, -0.05) is 0 Å². The van der Waals surface area contributed by atoms with Gasteiger partial charge in [0.05, 0.1) is 24.9 Å². The van der Waals surface area contributed by atoms with E-state index in [0.29, 0.717) is 5.92 Å². The van der Waals surface area contributed by atoms with Gasteiger partial charge in [-0.15, -0.1) is 0 Å². The lowest BCUT2D eigenvalue weighted by Gasteiger charge is -2.18. The maximum Gasteiger partial charge on any atom is 0.134 e. The summed E-state index contributed by atoms with van der Waals surface area (Å²) in [5.41, 5.74) is 3.41. The van der Waals surface area contributed by atoms with Crippen LogP contribution in [0.15, 0.2) is 22.8 Å². The van der Waals surface area contributed by atoms with Crippen molar-refractivity contribution < 1.29 is 9.15 Å². The number of hydrogen-bond acceptors (Lipinski definition) is 3. The van der Waals surface area contributed by atoms with Crippen LogP contribution >= 0.6 is 0 Å². The zero-order valence-electron chi connectivity index (χ0n) is 9.98. The van der Waals surface area contributed by atoms with Crippen molar-refractivity contribution in [2.45, 2.75) is 25.2 Å². The summed E-state index contributed by atoms with van der Waals surface area (Å²) in [7, 11) is 0. The van der Waals surface area contributed by atoms with Crippen LogP contribution in [0.2, 0.25) is 0 Å². The Bertz CT molecular complexity index is 665. The number of hydrogen-bond donors (Lipinski definition) is 0. The van der Waals surface area contributed by atoms with E-state index in [-0.39, 0.29) is 5.92 Å². The van der Waals surface area contributed by atoms with E-state index in [2.05, 4.69) is 6.07 Å². The minimum atomic E-state index is 0.172. The van der Waals surface area contributed by atoms with Gasteiger partial charge in [-0.05, 0) is 31.4 Å². The molecular weight excluding hydrogens is 226 g/mol. The zero-order chi connectivity index (χ0) is 12.1. The molecular formula is C15H13NO2. The number of benzene rings is 1. The van der Waals surface area contributed by atoms with Gasteiger partial charge in [0.2, 0.25) is 0 Å². The third kappa shape index (κ3) is 1.29. The van der Waals surface area contributed by atoms with Crippen LogP contribution in [-0.2, 0) is 6.42 Å². The number of ether oxygens (including phenoxy) is 1. The molecule has 2 aromatic rings. The SMILES string of the molecule is N#C[C@@H]1C[C@H]1c1coc2ccc3c(c12)CCCO3. The van der Waals surface area contributed by atoms with Crippen LogP contribution in [-0.4, -0.2) is 6.61 Å². The Morgan fingerprint density at radius 1 is 1.33 bits per heavy atom. The third-order valence-corrected chi connectivity index (χ3v) is 4.02. The molecule has 4 rings (SSSR count). The fourth-order valence-corrected chi connectivity index (χ4v) is 2.98. The van der Waals surface area contributed by atoms with Gasteiger partial charge < -0.3 is 9.15 Å². The summed E-state index contributed by atoms with van der Waals surface area (Å²) < 4.78 is 11.3. The number of fused-ring (bicyclic) bond motifs is 3. The highest BCUT2D eigenvalue weighted by molar-refractivity contribution is 5.88. The molecule has 0 radical (unpaired) electrons. The maximum absolute atomic E-state index is 8.98. The van der Waals surface area contributed by atoms with Crippen molar-refractivity contribution in [2.75, 3.05) is 6.61 Å². The Kier molecular flexibility index (Phi) is 1.96. The van der Waals surface area contributed by atoms with Crippen molar-refractivity contribution in [2.24, 2.45) is 5.92 Å². The lowest BCUT2D eigenvalue weighted by molar-refractivity contribution is 0.289. The van der Waals surface area contributed by atoms with Crippen molar-refractivity contribution >= 4 is 11.0 Å². The Morgan fingerprint density at radius 2 is 2.28 bits per heavy atom. The topological polar surface area (TPSA) is 46.2 Å². The minimum Gasteiger partial charge on any atom is -0.493 e. The normalized spacial score (nSPS) is 25.3. The summed E-state index contributed by atoms with van der Waals surface area (Å²) in [6.07, 6.45) is 4.91. The zero-order valence-corrected chi connectivity index (χ0v) is 9.98. The van der Waals surface area contributed by atoms with Gasteiger partial charge in [0, 0.05) is 22.4 Å². The van der Waals surface area contributed by atoms with Crippen LogP contribution in [0, 0.1) is 17.2 Å². The molecule has 1 aliphatic heterocycles. The molecule has 2 heterocycles. The van der Waals surface area contributed by atoms with Crippen LogP contribution < -0.4 is 4.74 Å². The molecule has 1 fully saturated rings. The molecule has 0 N–H and O–H groups in total. The first-order valence-corrected chi connectivity index (χ1v) is 6.44. The molecule has 2 atom stereocenters. The summed E-state index contributed by atoms with van der Waals surface area (Å²) >= 11 is 0. The van der Waals surface area contributed by atoms with Crippen LogP contribution in [0.1, 0.15) is 29.9 Å². The molecule has 0 bridgehead atoms. The van der Waals surface area contributed by atoms with Crippen LogP contribution in [0.3, 0.4) is 0 Å². The van der Waals surface area contributed by atoms with Crippen molar-refractivity contribution in [3.05, 3.63) is 29.5 Å². The highest BCUT2D eigenvalue weighted by atomic mass is 16.5. The summed E-state index contributed by atoms with van der Waals surface area (Å²) in [5, 5.41) is 10.2. The Balaban J connectivity index is 1.92. The monoisotopic (exact) mass is 239 g/mol. The highest BCUT2D eigenvalue weighted by Crippen LogP contribution is 2.51. The van der Waals surface area contributed by atoms with Gasteiger partial charge in [0.1, 0.15) is 11.3 Å². The Labute approximate surface area is 105 Å². The molecule has 1 aromatic carbocycles. The van der Waals surface area contributed by atoms with E-state index in [1.54, 1.807) is 0 Å². The molecule has 3 nitrogen and oxygen atoms in total. The first-order valence-electron chi connectivity index (χ1n) is 6.44. The second kappa shape index (κ2) is 3.52. The number of furan rings is 1. The third-order valence-electron chi connectivity index (χ3n) is 4.02. The molecule has 3 heteroatoms. The largest absolute Gasteiger partial charge is 0.493 e. The number of nitrogens with zero attached hydrogens (tertiary/aromatic N) is 1. The van der Waals surface area contributed by atoms with E-state index in [1.165, 1.54) is 16.5 Å². The second-order valence-corrected chi connectivity index (χ2v) is 5.14. The molecule has 0 amide bonds. The molecule has 0 spiro atoms. The summed E-state index contributed by atoms with van der Waals surface area (Å²) in [4.78, 5) is 0. The molecule has 2 aliphatic rings. The van der Waals surface area contributed by atoms with Crippen LogP contribution in [0.25, 0.3) is 11.0 Å². The van der Waals surface area contributed by atoms with Crippen molar-refractivity contribution in [1.82, 2.24) is 0 Å². The average Bonchev–Trinajstić information content (AvgIpc) is 3.08. The lowest BCUT2D eigenvalue weighted by atomic mass is 9.97. The molecule has 18 heavy (non-hydrogen) atoms. The van der Waals surface area contributed by atoms with Crippen molar-refractivity contribution in [1.29, 1.82) is 5.26 Å². The molecule has 1 aliphatic carbocycles. The van der Waals surface area contributed by atoms with E-state index in [0.717, 1.165) is 37.2 Å². The Hall–Kier alpha value is -1.95. The van der Waals surface area contributed by atoms with E-state index in [1.807, 2.05) is 18.4 Å². The quantitative estimate of drug-likeness (QED) is 0.766. The molecule has 0 unspecified atom stereocenters. The standard InChI is InChI=1S/C15H13NO2/c16-7-9-6-11(9)12-8-18-14-4-3-13-10(15(12)14)2-1-5-17-13/h3-4,8-9,11H,1-2,5-6H2/t9-,11+/m0/s1. The minimum absolute atomic E-state index is 0.172. The van der Waals surface area contributed by atoms with E-state index in [9.17, 15) is 0 Å². The predicted molar refractivity (Wildman–Crippen MR) is 66.5 cm³/mol. The molecule has 1 aromatic heterocycles. The summed E-state index contributed by atoms with van der Waals surface area (Å²) in [6, 6.07) is 6.33. The first-order chi connectivity index (χ1) is 8.88. The molecule has 90 valence electrons. The van der Waals surface area contributed by atoms with Crippen LogP contribution in [0.5, 0.6) is 5.75 Å². The van der Waals surface area contributed by atoms with E-state index >= 15 is 0 Å². The van der Waals surface area contributed by atoms with E-state index in [4.69, 9.17) is 14.4 Å². The molecule has 1 saturated carbocycles. The number of nitriles is 1. The fraction of sp³-hybridized carbons (Fsp3) is 0.400. The van der Waals surface area contributed by atoms with E-state index < -0.39 is 0 Å². The predicted octanol–water partition coefficient (Wildman–Crippen LogP) is 3.38. The smallest absolute Gasteiger partial charge is 0.134 e. The van der Waals surface area contributed by atoms with Crippen molar-refractivity contribution in [3.63, 3.8) is 0 Å².